The van der Waals surface area contributed by atoms with E-state index in [1.807, 2.05) is 0 Å². The van der Waals surface area contributed by atoms with Crippen LogP contribution in [0.15, 0.2) is 78.9 Å². The Morgan fingerprint density at radius 1 is 0.727 bits per heavy atom. The second-order valence-corrected chi connectivity index (χ2v) is 5.66. The average Bonchev–Trinajstić information content (AvgIpc) is 2.56. The summed E-state index contributed by atoms with van der Waals surface area (Å²) in [6, 6.07) is 27.8. The maximum Gasteiger partial charge on any atom is 0.0400 e. The van der Waals surface area contributed by atoms with E-state index in [0.717, 1.165) is 13.0 Å². The van der Waals surface area contributed by atoms with Crippen LogP contribution in [0.1, 0.15) is 22.3 Å². The van der Waals surface area contributed by atoms with Crippen molar-refractivity contribution < 1.29 is 0 Å². The monoisotopic (exact) mass is 287 g/mol. The summed E-state index contributed by atoms with van der Waals surface area (Å²) < 4.78 is 0. The first kappa shape index (κ1) is 14.4. The third-order valence-electron chi connectivity index (χ3n) is 3.82. The lowest BCUT2D eigenvalue weighted by Gasteiger charge is -2.13. The number of nitrogens with one attached hydrogen (secondary N) is 1. The predicted octanol–water partition coefficient (Wildman–Crippen LogP) is 5.20. The molecule has 0 heterocycles. The van der Waals surface area contributed by atoms with Crippen LogP contribution in [0.25, 0.3) is 0 Å². The van der Waals surface area contributed by atoms with E-state index in [9.17, 15) is 0 Å². The summed E-state index contributed by atoms with van der Waals surface area (Å²) in [4.78, 5) is 0. The molecule has 0 aliphatic rings. The minimum atomic E-state index is 0.853. The molecule has 0 saturated carbocycles. The molecule has 0 aliphatic carbocycles. The standard InChI is InChI=1S/C21H21N/c1-17-12-13-21(22-16-19-10-6-3-7-11-19)20(14-17)15-18-8-4-2-5-9-18/h2-14,22H,15-16H2,1H3. The molecule has 1 heteroatoms. The number of aryl methyl sites for hydroxylation is 1. The van der Waals surface area contributed by atoms with Crippen LogP contribution in [0.2, 0.25) is 0 Å². The predicted molar refractivity (Wildman–Crippen MR) is 94.2 cm³/mol. The minimum Gasteiger partial charge on any atom is -0.381 e. The molecule has 22 heavy (non-hydrogen) atoms. The lowest BCUT2D eigenvalue weighted by molar-refractivity contribution is 1.11. The Morgan fingerprint density at radius 2 is 1.36 bits per heavy atom. The summed E-state index contributed by atoms with van der Waals surface area (Å²) in [6.07, 6.45) is 0.958. The van der Waals surface area contributed by atoms with Crippen LogP contribution in [-0.4, -0.2) is 0 Å². The maximum absolute atomic E-state index is 3.58. The third-order valence-corrected chi connectivity index (χ3v) is 3.82. The molecule has 3 aromatic rings. The molecule has 1 N–H and O–H groups in total. The lowest BCUT2D eigenvalue weighted by Crippen LogP contribution is -2.03. The van der Waals surface area contributed by atoms with Gasteiger partial charge in [0.25, 0.3) is 0 Å². The van der Waals surface area contributed by atoms with Gasteiger partial charge in [-0.2, -0.15) is 0 Å². The lowest BCUT2D eigenvalue weighted by atomic mass is 10.0. The molecule has 0 aliphatic heterocycles. The van der Waals surface area contributed by atoms with Crippen LogP contribution in [0.3, 0.4) is 0 Å². The van der Waals surface area contributed by atoms with Crippen LogP contribution in [-0.2, 0) is 13.0 Å². The highest BCUT2D eigenvalue weighted by molar-refractivity contribution is 5.54. The molecule has 3 aromatic carbocycles. The zero-order chi connectivity index (χ0) is 15.2. The Hall–Kier alpha value is -2.54. The summed E-state index contributed by atoms with van der Waals surface area (Å²) in [6.45, 7) is 3.00. The highest BCUT2D eigenvalue weighted by Gasteiger charge is 2.04. The molecule has 0 atom stereocenters. The zero-order valence-corrected chi connectivity index (χ0v) is 12.9. The van der Waals surface area contributed by atoms with E-state index in [1.54, 1.807) is 0 Å². The summed E-state index contributed by atoms with van der Waals surface area (Å²) >= 11 is 0. The summed E-state index contributed by atoms with van der Waals surface area (Å²) in [5.41, 5.74) is 6.52. The van der Waals surface area contributed by atoms with Gasteiger partial charge in [-0.25, -0.2) is 0 Å². The number of benzene rings is 3. The van der Waals surface area contributed by atoms with E-state index in [2.05, 4.69) is 91.1 Å². The molecule has 1 nitrogen and oxygen atoms in total. The molecule has 110 valence electrons. The Bertz CT molecular complexity index is 717. The first-order valence-corrected chi connectivity index (χ1v) is 7.72. The number of rotatable bonds is 5. The number of hydrogen-bond donors (Lipinski definition) is 1. The van der Waals surface area contributed by atoms with Crippen molar-refractivity contribution in [2.24, 2.45) is 0 Å². The molecular weight excluding hydrogens is 266 g/mol. The Balaban J connectivity index is 1.78. The third kappa shape index (κ3) is 3.76. The van der Waals surface area contributed by atoms with E-state index < -0.39 is 0 Å². The molecule has 0 unspecified atom stereocenters. The fourth-order valence-corrected chi connectivity index (χ4v) is 2.65. The van der Waals surface area contributed by atoms with Gasteiger partial charge in [-0.05, 0) is 36.1 Å². The molecule has 0 spiro atoms. The molecule has 0 fully saturated rings. The van der Waals surface area contributed by atoms with Gasteiger partial charge < -0.3 is 5.32 Å². The van der Waals surface area contributed by atoms with E-state index in [-0.39, 0.29) is 0 Å². The van der Waals surface area contributed by atoms with E-state index in [0.29, 0.717) is 0 Å². The SMILES string of the molecule is Cc1ccc(NCc2ccccc2)c(Cc2ccccc2)c1. The average molecular weight is 287 g/mol. The molecule has 0 bridgehead atoms. The van der Waals surface area contributed by atoms with Gasteiger partial charge in [-0.15, -0.1) is 0 Å². The van der Waals surface area contributed by atoms with Crippen LogP contribution >= 0.6 is 0 Å². The molecule has 0 amide bonds. The van der Waals surface area contributed by atoms with Crippen molar-refractivity contribution in [3.8, 4) is 0 Å². The van der Waals surface area contributed by atoms with Crippen LogP contribution < -0.4 is 5.32 Å². The first-order chi connectivity index (χ1) is 10.8. The largest absolute Gasteiger partial charge is 0.381 e. The van der Waals surface area contributed by atoms with Crippen molar-refractivity contribution in [3.63, 3.8) is 0 Å². The number of anilines is 1. The molecule has 0 saturated heterocycles. The van der Waals surface area contributed by atoms with Gasteiger partial charge >= 0.3 is 0 Å². The molecular formula is C21H21N. The van der Waals surface area contributed by atoms with Gasteiger partial charge in [0.2, 0.25) is 0 Å². The smallest absolute Gasteiger partial charge is 0.0400 e. The van der Waals surface area contributed by atoms with Crippen molar-refractivity contribution >= 4 is 5.69 Å². The second-order valence-electron chi connectivity index (χ2n) is 5.66. The summed E-state index contributed by atoms with van der Waals surface area (Å²) in [5.74, 6) is 0. The second kappa shape index (κ2) is 6.95. The summed E-state index contributed by atoms with van der Waals surface area (Å²) in [5, 5.41) is 3.58. The maximum atomic E-state index is 3.58. The molecule has 3 rings (SSSR count). The van der Waals surface area contributed by atoms with Crippen LogP contribution in [0.4, 0.5) is 5.69 Å². The van der Waals surface area contributed by atoms with Crippen molar-refractivity contribution in [2.75, 3.05) is 5.32 Å². The van der Waals surface area contributed by atoms with Crippen molar-refractivity contribution in [2.45, 2.75) is 19.9 Å². The quantitative estimate of drug-likeness (QED) is 0.680. The van der Waals surface area contributed by atoms with Crippen molar-refractivity contribution in [3.05, 3.63) is 101 Å². The fraction of sp³-hybridized carbons (Fsp3) is 0.143. The Kier molecular flexibility index (Phi) is 4.55. The Labute approximate surface area is 132 Å². The topological polar surface area (TPSA) is 12.0 Å². The van der Waals surface area contributed by atoms with Gasteiger partial charge in [0.1, 0.15) is 0 Å². The van der Waals surface area contributed by atoms with E-state index >= 15 is 0 Å². The van der Waals surface area contributed by atoms with Gasteiger partial charge in [0.15, 0.2) is 0 Å². The van der Waals surface area contributed by atoms with Gasteiger partial charge in [-0.1, -0.05) is 78.4 Å². The highest BCUT2D eigenvalue weighted by Crippen LogP contribution is 2.21. The molecule has 0 radical (unpaired) electrons. The minimum absolute atomic E-state index is 0.853. The summed E-state index contributed by atoms with van der Waals surface area (Å²) in [7, 11) is 0. The van der Waals surface area contributed by atoms with E-state index in [1.165, 1.54) is 27.9 Å². The van der Waals surface area contributed by atoms with Crippen LogP contribution in [0.5, 0.6) is 0 Å². The highest BCUT2D eigenvalue weighted by atomic mass is 14.9. The van der Waals surface area contributed by atoms with Gasteiger partial charge in [-0.3, -0.25) is 0 Å². The first-order valence-electron chi connectivity index (χ1n) is 7.72. The molecule has 0 aromatic heterocycles. The van der Waals surface area contributed by atoms with Gasteiger partial charge in [0.05, 0.1) is 0 Å². The van der Waals surface area contributed by atoms with Crippen molar-refractivity contribution in [1.29, 1.82) is 0 Å². The zero-order valence-electron chi connectivity index (χ0n) is 12.9. The van der Waals surface area contributed by atoms with Gasteiger partial charge in [0, 0.05) is 12.2 Å². The van der Waals surface area contributed by atoms with Crippen molar-refractivity contribution in [1.82, 2.24) is 0 Å². The fourth-order valence-electron chi connectivity index (χ4n) is 2.65. The normalized spacial score (nSPS) is 10.4. The Morgan fingerprint density at radius 3 is 2.05 bits per heavy atom. The van der Waals surface area contributed by atoms with E-state index in [4.69, 9.17) is 0 Å². The number of hydrogen-bond acceptors (Lipinski definition) is 1. The van der Waals surface area contributed by atoms with Crippen LogP contribution in [0, 0.1) is 6.92 Å².